The summed E-state index contributed by atoms with van der Waals surface area (Å²) in [7, 11) is 0. The minimum Gasteiger partial charge on any atom is -0.508 e. The Bertz CT molecular complexity index is 512. The molecule has 0 saturated heterocycles. The van der Waals surface area contributed by atoms with Crippen molar-refractivity contribution >= 4 is 10.9 Å². The lowest BCUT2D eigenvalue weighted by atomic mass is 10.0. The van der Waals surface area contributed by atoms with E-state index in [0.29, 0.717) is 11.7 Å². The first kappa shape index (κ1) is 8.84. The molecule has 2 aromatic rings. The van der Waals surface area contributed by atoms with Crippen LogP contribution in [0.2, 0.25) is 0 Å². The zero-order valence-corrected chi connectivity index (χ0v) is 8.61. The van der Waals surface area contributed by atoms with Crippen LogP contribution in [0, 0.1) is 6.92 Å². The number of aromatic nitrogens is 1. The second-order valence-electron chi connectivity index (χ2n) is 4.24. The molecule has 1 aromatic carbocycles. The summed E-state index contributed by atoms with van der Waals surface area (Å²) in [6.07, 6.45) is 2.16. The number of benzene rings is 1. The monoisotopic (exact) mass is 200 g/mol. The van der Waals surface area contributed by atoms with E-state index in [1.54, 1.807) is 6.07 Å². The fourth-order valence-corrected chi connectivity index (χ4v) is 2.59. The molecule has 0 aliphatic carbocycles. The maximum atomic E-state index is 9.42. The fraction of sp³-hybridized carbons (Fsp3) is 0.308. The van der Waals surface area contributed by atoms with Crippen molar-refractivity contribution in [2.75, 3.05) is 0 Å². The lowest BCUT2D eigenvalue weighted by Crippen LogP contribution is -1.91. The number of nitrogens with zero attached hydrogens (tertiary/aromatic N) is 1. The van der Waals surface area contributed by atoms with Gasteiger partial charge in [0.1, 0.15) is 5.75 Å². The van der Waals surface area contributed by atoms with Crippen molar-refractivity contribution in [1.82, 2.24) is 4.57 Å². The average Bonchev–Trinajstić information content (AvgIpc) is 2.74. The quantitative estimate of drug-likeness (QED) is 0.752. The molecule has 77 valence electrons. The van der Waals surface area contributed by atoms with E-state index >= 15 is 0 Å². The fourth-order valence-electron chi connectivity index (χ4n) is 2.59. The largest absolute Gasteiger partial charge is 0.508 e. The Kier molecular flexibility index (Phi) is 1.78. The predicted octanol–water partition coefficient (Wildman–Crippen LogP) is 3.06. The summed E-state index contributed by atoms with van der Waals surface area (Å²) in [4.78, 5) is 0. The summed E-state index contributed by atoms with van der Waals surface area (Å²) in [6.45, 7) is 5.08. The zero-order valence-electron chi connectivity index (χ0n) is 8.61. The van der Waals surface area contributed by atoms with Crippen molar-refractivity contribution < 1.29 is 5.11 Å². The number of aryl methyl sites for hydroxylation is 1. The SMILES string of the molecule is [CH2]C[C@@H]1CCn2c1cc1cc(O)ccc12. The minimum absolute atomic E-state index is 0.345. The normalized spacial score (nSPS) is 19.7. The van der Waals surface area contributed by atoms with Crippen LogP contribution in [0.15, 0.2) is 24.3 Å². The van der Waals surface area contributed by atoms with Crippen LogP contribution >= 0.6 is 0 Å². The van der Waals surface area contributed by atoms with Crippen molar-refractivity contribution in [2.24, 2.45) is 0 Å². The van der Waals surface area contributed by atoms with E-state index in [0.717, 1.165) is 18.4 Å². The molecule has 2 nitrogen and oxygen atoms in total. The highest BCUT2D eigenvalue weighted by Gasteiger charge is 2.22. The van der Waals surface area contributed by atoms with Gasteiger partial charge >= 0.3 is 0 Å². The van der Waals surface area contributed by atoms with Crippen LogP contribution in [-0.4, -0.2) is 9.67 Å². The van der Waals surface area contributed by atoms with E-state index in [4.69, 9.17) is 0 Å². The van der Waals surface area contributed by atoms with Gasteiger partial charge in [-0.1, -0.05) is 6.92 Å². The summed E-state index contributed by atoms with van der Waals surface area (Å²) < 4.78 is 2.35. The van der Waals surface area contributed by atoms with Gasteiger partial charge in [-0.3, -0.25) is 0 Å². The first-order chi connectivity index (χ1) is 7.29. The van der Waals surface area contributed by atoms with E-state index in [1.807, 2.05) is 12.1 Å². The van der Waals surface area contributed by atoms with Gasteiger partial charge in [0.05, 0.1) is 0 Å². The van der Waals surface area contributed by atoms with Gasteiger partial charge in [0.15, 0.2) is 0 Å². The number of hydrogen-bond donors (Lipinski definition) is 1. The van der Waals surface area contributed by atoms with Crippen LogP contribution in [0.5, 0.6) is 5.75 Å². The van der Waals surface area contributed by atoms with Gasteiger partial charge in [0.2, 0.25) is 0 Å². The van der Waals surface area contributed by atoms with Gasteiger partial charge in [-0.05, 0) is 37.1 Å². The molecule has 0 saturated carbocycles. The van der Waals surface area contributed by atoms with Gasteiger partial charge in [-0.25, -0.2) is 0 Å². The summed E-state index contributed by atoms with van der Waals surface area (Å²) in [6, 6.07) is 7.78. The molecular formula is C13H14NO. The number of fused-ring (bicyclic) bond motifs is 3. The lowest BCUT2D eigenvalue weighted by Gasteiger charge is -2.02. The van der Waals surface area contributed by atoms with Crippen molar-refractivity contribution in [2.45, 2.75) is 25.3 Å². The zero-order chi connectivity index (χ0) is 10.4. The van der Waals surface area contributed by atoms with Crippen LogP contribution in [0.3, 0.4) is 0 Å². The van der Waals surface area contributed by atoms with Crippen LogP contribution in [0.25, 0.3) is 10.9 Å². The molecule has 2 heterocycles. The number of hydrogen-bond acceptors (Lipinski definition) is 1. The van der Waals surface area contributed by atoms with E-state index in [9.17, 15) is 5.11 Å². The van der Waals surface area contributed by atoms with E-state index < -0.39 is 0 Å². The molecule has 0 bridgehead atoms. The molecule has 1 aliphatic heterocycles. The first-order valence-corrected chi connectivity index (χ1v) is 5.41. The first-order valence-electron chi connectivity index (χ1n) is 5.41. The molecule has 1 aliphatic rings. The number of aromatic hydroxyl groups is 1. The standard InChI is InChI=1S/C13H14NO/c1-2-9-5-6-14-12-4-3-11(15)7-10(12)8-13(9)14/h3-4,7-9,15H,1-2,5-6H2/t9-/m1/s1. The second kappa shape index (κ2) is 3.02. The van der Waals surface area contributed by atoms with Gasteiger partial charge in [-0.2, -0.15) is 0 Å². The van der Waals surface area contributed by atoms with Crippen LogP contribution < -0.4 is 0 Å². The maximum absolute atomic E-state index is 9.42. The third kappa shape index (κ3) is 1.17. The lowest BCUT2D eigenvalue weighted by molar-refractivity contribution is 0.476. The number of phenols is 1. The molecule has 15 heavy (non-hydrogen) atoms. The van der Waals surface area contributed by atoms with Crippen molar-refractivity contribution in [3.05, 3.63) is 36.9 Å². The molecule has 0 fully saturated rings. The minimum atomic E-state index is 0.345. The third-order valence-electron chi connectivity index (χ3n) is 3.38. The van der Waals surface area contributed by atoms with Crippen LogP contribution in [-0.2, 0) is 6.54 Å². The van der Waals surface area contributed by atoms with Crippen molar-refractivity contribution in [1.29, 1.82) is 0 Å². The summed E-state index contributed by atoms with van der Waals surface area (Å²) in [5.41, 5.74) is 2.62. The number of phenolic OH excluding ortho intramolecular Hbond substituents is 1. The molecule has 0 spiro atoms. The molecule has 1 radical (unpaired) electrons. The highest BCUT2D eigenvalue weighted by Crippen LogP contribution is 2.36. The summed E-state index contributed by atoms with van der Waals surface area (Å²) in [5, 5.41) is 10.6. The van der Waals surface area contributed by atoms with Crippen LogP contribution in [0.4, 0.5) is 0 Å². The Hall–Kier alpha value is -1.44. The van der Waals surface area contributed by atoms with E-state index in [2.05, 4.69) is 17.6 Å². The molecule has 1 aromatic heterocycles. The average molecular weight is 200 g/mol. The Labute approximate surface area is 89.1 Å². The van der Waals surface area contributed by atoms with Gasteiger partial charge in [0, 0.05) is 29.1 Å². The molecule has 0 unspecified atom stereocenters. The van der Waals surface area contributed by atoms with Crippen molar-refractivity contribution in [3.8, 4) is 5.75 Å². The third-order valence-corrected chi connectivity index (χ3v) is 3.38. The van der Waals surface area contributed by atoms with E-state index in [-0.39, 0.29) is 0 Å². The molecule has 2 heteroatoms. The van der Waals surface area contributed by atoms with E-state index in [1.165, 1.54) is 17.6 Å². The maximum Gasteiger partial charge on any atom is 0.116 e. The Morgan fingerprint density at radius 3 is 3.07 bits per heavy atom. The molecule has 1 N–H and O–H groups in total. The Balaban J connectivity index is 2.25. The topological polar surface area (TPSA) is 25.2 Å². The van der Waals surface area contributed by atoms with Gasteiger partial charge in [-0.15, -0.1) is 0 Å². The molecule has 3 rings (SSSR count). The van der Waals surface area contributed by atoms with Crippen LogP contribution in [0.1, 0.15) is 24.5 Å². The predicted molar refractivity (Wildman–Crippen MR) is 60.9 cm³/mol. The number of rotatable bonds is 1. The Morgan fingerprint density at radius 2 is 2.27 bits per heavy atom. The highest BCUT2D eigenvalue weighted by molar-refractivity contribution is 5.83. The molecular weight excluding hydrogens is 186 g/mol. The van der Waals surface area contributed by atoms with Gasteiger partial charge < -0.3 is 9.67 Å². The highest BCUT2D eigenvalue weighted by atomic mass is 16.3. The summed E-state index contributed by atoms with van der Waals surface area (Å²) >= 11 is 0. The summed E-state index contributed by atoms with van der Waals surface area (Å²) in [5.74, 6) is 0.942. The smallest absolute Gasteiger partial charge is 0.116 e. The van der Waals surface area contributed by atoms with Gasteiger partial charge in [0.25, 0.3) is 0 Å². The molecule has 1 atom stereocenters. The molecule has 0 amide bonds. The van der Waals surface area contributed by atoms with Crippen molar-refractivity contribution in [3.63, 3.8) is 0 Å². The Morgan fingerprint density at radius 1 is 1.40 bits per heavy atom. The second-order valence-corrected chi connectivity index (χ2v) is 4.24.